The molecule has 1 fully saturated rings. The number of nitrogens with one attached hydrogen (secondary N) is 2. The van der Waals surface area contributed by atoms with Crippen molar-refractivity contribution in [2.24, 2.45) is 0 Å². The molecule has 1 heterocycles. The standard InChI is InChI=1S/C16H26N2O2S/c1-11(14-6-5-9-21-14)17-12-7-8-13(10-12)18-15(19)20-16(2,3)4/h5-6,9,11-13,17H,7-8,10H2,1-4H3,(H,18,19)/t11-,12?,13?/m1/s1. The fourth-order valence-electron chi connectivity index (χ4n) is 2.71. The van der Waals surface area contributed by atoms with Gasteiger partial charge in [-0.3, -0.25) is 0 Å². The Morgan fingerprint density at radius 3 is 2.71 bits per heavy atom. The van der Waals surface area contributed by atoms with Crippen molar-refractivity contribution >= 4 is 17.4 Å². The van der Waals surface area contributed by atoms with Crippen LogP contribution < -0.4 is 10.6 Å². The van der Waals surface area contributed by atoms with Gasteiger partial charge in [-0.2, -0.15) is 0 Å². The maximum atomic E-state index is 11.8. The molecule has 4 nitrogen and oxygen atoms in total. The number of hydrogen-bond donors (Lipinski definition) is 2. The van der Waals surface area contributed by atoms with Gasteiger partial charge in [-0.05, 0) is 58.4 Å². The summed E-state index contributed by atoms with van der Waals surface area (Å²) in [5.74, 6) is 0. The minimum Gasteiger partial charge on any atom is -0.444 e. The summed E-state index contributed by atoms with van der Waals surface area (Å²) in [5.41, 5.74) is -0.436. The molecule has 3 atom stereocenters. The van der Waals surface area contributed by atoms with Gasteiger partial charge in [0.25, 0.3) is 0 Å². The highest BCUT2D eigenvalue weighted by atomic mass is 32.1. The molecule has 1 aromatic heterocycles. The summed E-state index contributed by atoms with van der Waals surface area (Å²) >= 11 is 1.78. The number of thiophene rings is 1. The van der Waals surface area contributed by atoms with Gasteiger partial charge in [-0.1, -0.05) is 6.07 Å². The normalized spacial score (nSPS) is 23.8. The zero-order valence-corrected chi connectivity index (χ0v) is 14.1. The Labute approximate surface area is 131 Å². The number of hydrogen-bond acceptors (Lipinski definition) is 4. The minimum absolute atomic E-state index is 0.216. The third-order valence-corrected chi connectivity index (χ3v) is 4.66. The van der Waals surface area contributed by atoms with Gasteiger partial charge in [0.2, 0.25) is 0 Å². The van der Waals surface area contributed by atoms with Gasteiger partial charge in [0, 0.05) is 23.0 Å². The van der Waals surface area contributed by atoms with Gasteiger partial charge in [0.15, 0.2) is 0 Å². The lowest BCUT2D eigenvalue weighted by Crippen LogP contribution is -2.39. The van der Waals surface area contributed by atoms with E-state index < -0.39 is 5.60 Å². The largest absolute Gasteiger partial charge is 0.444 e. The van der Waals surface area contributed by atoms with Crippen LogP contribution in [0.5, 0.6) is 0 Å². The van der Waals surface area contributed by atoms with Gasteiger partial charge in [0.05, 0.1) is 0 Å². The molecule has 0 aromatic carbocycles. The van der Waals surface area contributed by atoms with Crippen LogP contribution in [0.15, 0.2) is 17.5 Å². The van der Waals surface area contributed by atoms with E-state index in [4.69, 9.17) is 4.74 Å². The van der Waals surface area contributed by atoms with Gasteiger partial charge in [-0.15, -0.1) is 11.3 Å². The summed E-state index contributed by atoms with van der Waals surface area (Å²) in [7, 11) is 0. The van der Waals surface area contributed by atoms with Crippen LogP contribution in [-0.2, 0) is 4.74 Å². The zero-order valence-electron chi connectivity index (χ0n) is 13.3. The van der Waals surface area contributed by atoms with Gasteiger partial charge in [-0.25, -0.2) is 4.79 Å². The van der Waals surface area contributed by atoms with Crippen LogP contribution in [0.2, 0.25) is 0 Å². The van der Waals surface area contributed by atoms with E-state index >= 15 is 0 Å². The monoisotopic (exact) mass is 310 g/mol. The molecule has 1 aromatic rings. The van der Waals surface area contributed by atoms with Crippen molar-refractivity contribution in [1.82, 2.24) is 10.6 Å². The van der Waals surface area contributed by atoms with Crippen LogP contribution in [-0.4, -0.2) is 23.8 Å². The molecule has 1 aliphatic rings. The lowest BCUT2D eigenvalue weighted by Gasteiger charge is -2.22. The van der Waals surface area contributed by atoms with Crippen LogP contribution in [0.3, 0.4) is 0 Å². The molecule has 0 spiro atoms. The van der Waals surface area contributed by atoms with Crippen LogP contribution in [0, 0.1) is 0 Å². The van der Waals surface area contributed by atoms with E-state index in [9.17, 15) is 4.79 Å². The first-order valence-corrected chi connectivity index (χ1v) is 8.50. The summed E-state index contributed by atoms with van der Waals surface area (Å²) in [5, 5.41) is 8.73. The third kappa shape index (κ3) is 5.32. The third-order valence-electron chi connectivity index (χ3n) is 3.61. The van der Waals surface area contributed by atoms with Gasteiger partial charge >= 0.3 is 6.09 Å². The summed E-state index contributed by atoms with van der Waals surface area (Å²) in [4.78, 5) is 13.1. The van der Waals surface area contributed by atoms with E-state index in [0.29, 0.717) is 12.1 Å². The molecular weight excluding hydrogens is 284 g/mol. The van der Waals surface area contributed by atoms with Crippen LogP contribution in [0.1, 0.15) is 57.9 Å². The first kappa shape index (κ1) is 16.3. The Balaban J connectivity index is 1.75. The second-order valence-electron chi connectivity index (χ2n) is 6.76. The Bertz CT molecular complexity index is 453. The molecule has 2 unspecified atom stereocenters. The number of amides is 1. The number of carbonyl (C=O) groups excluding carboxylic acids is 1. The molecular formula is C16H26N2O2S. The lowest BCUT2D eigenvalue weighted by atomic mass is 10.2. The van der Waals surface area contributed by atoms with E-state index in [-0.39, 0.29) is 12.1 Å². The molecule has 1 amide bonds. The van der Waals surface area contributed by atoms with Crippen molar-refractivity contribution in [3.05, 3.63) is 22.4 Å². The first-order chi connectivity index (χ1) is 9.83. The van der Waals surface area contributed by atoms with E-state index in [2.05, 4.69) is 35.1 Å². The van der Waals surface area contributed by atoms with Crippen LogP contribution >= 0.6 is 11.3 Å². The maximum Gasteiger partial charge on any atom is 0.407 e. The van der Waals surface area contributed by atoms with Crippen molar-refractivity contribution in [1.29, 1.82) is 0 Å². The first-order valence-electron chi connectivity index (χ1n) is 7.62. The molecule has 0 bridgehead atoms. The molecule has 5 heteroatoms. The fraction of sp³-hybridized carbons (Fsp3) is 0.688. The quantitative estimate of drug-likeness (QED) is 0.888. The van der Waals surface area contributed by atoms with Crippen molar-refractivity contribution in [2.45, 2.75) is 70.7 Å². The molecule has 21 heavy (non-hydrogen) atoms. The second-order valence-corrected chi connectivity index (χ2v) is 7.74. The van der Waals surface area contributed by atoms with Crippen LogP contribution in [0.25, 0.3) is 0 Å². The van der Waals surface area contributed by atoms with E-state index in [1.807, 2.05) is 20.8 Å². The van der Waals surface area contributed by atoms with Crippen molar-refractivity contribution in [3.63, 3.8) is 0 Å². The van der Waals surface area contributed by atoms with Crippen LogP contribution in [0.4, 0.5) is 4.79 Å². The number of ether oxygens (including phenoxy) is 1. The second kappa shape index (κ2) is 6.79. The maximum absolute atomic E-state index is 11.8. The highest BCUT2D eigenvalue weighted by Gasteiger charge is 2.28. The van der Waals surface area contributed by atoms with Crippen molar-refractivity contribution in [3.8, 4) is 0 Å². The van der Waals surface area contributed by atoms with Gasteiger partial charge < -0.3 is 15.4 Å². The molecule has 2 rings (SSSR count). The molecule has 1 saturated carbocycles. The Hall–Kier alpha value is -1.07. The molecule has 0 aliphatic heterocycles. The molecule has 0 saturated heterocycles. The average molecular weight is 310 g/mol. The number of rotatable bonds is 4. The van der Waals surface area contributed by atoms with E-state index in [1.165, 1.54) is 4.88 Å². The lowest BCUT2D eigenvalue weighted by molar-refractivity contribution is 0.0505. The summed E-state index contributed by atoms with van der Waals surface area (Å²) in [6.45, 7) is 7.84. The average Bonchev–Trinajstić information content (AvgIpc) is 2.97. The number of carbonyl (C=O) groups is 1. The fourth-order valence-corrected chi connectivity index (χ4v) is 3.46. The Morgan fingerprint density at radius 1 is 1.38 bits per heavy atom. The highest BCUT2D eigenvalue weighted by Crippen LogP contribution is 2.25. The predicted octanol–water partition coefficient (Wildman–Crippen LogP) is 3.84. The number of alkyl carbamates (subject to hydrolysis) is 1. The smallest absolute Gasteiger partial charge is 0.407 e. The molecule has 2 N–H and O–H groups in total. The summed E-state index contributed by atoms with van der Waals surface area (Å²) in [6.07, 6.45) is 2.76. The molecule has 1 aliphatic carbocycles. The molecule has 118 valence electrons. The zero-order chi connectivity index (χ0) is 15.5. The molecule has 0 radical (unpaired) electrons. The van der Waals surface area contributed by atoms with E-state index in [1.54, 1.807) is 11.3 Å². The topological polar surface area (TPSA) is 50.4 Å². The predicted molar refractivity (Wildman–Crippen MR) is 86.7 cm³/mol. The SMILES string of the molecule is C[C@@H](NC1CCC(NC(=O)OC(C)(C)C)C1)c1cccs1. The van der Waals surface area contributed by atoms with Crippen molar-refractivity contribution < 1.29 is 9.53 Å². The Kier molecular flexibility index (Phi) is 5.27. The van der Waals surface area contributed by atoms with Gasteiger partial charge in [0.1, 0.15) is 5.60 Å². The Morgan fingerprint density at radius 2 is 2.10 bits per heavy atom. The van der Waals surface area contributed by atoms with Crippen molar-refractivity contribution in [2.75, 3.05) is 0 Å². The minimum atomic E-state index is -0.436. The summed E-state index contributed by atoms with van der Waals surface area (Å²) in [6, 6.07) is 5.29. The van der Waals surface area contributed by atoms with E-state index in [0.717, 1.165) is 19.3 Å². The highest BCUT2D eigenvalue weighted by molar-refractivity contribution is 7.10. The summed E-state index contributed by atoms with van der Waals surface area (Å²) < 4.78 is 5.31.